The molecule has 0 saturated carbocycles. The number of rotatable bonds is 4. The molecule has 4 atom stereocenters. The fourth-order valence-corrected chi connectivity index (χ4v) is 4.58. The van der Waals surface area contributed by atoms with Gasteiger partial charge in [-0.15, -0.1) is 0 Å². The Balaban J connectivity index is 1.48. The third-order valence-corrected chi connectivity index (χ3v) is 6.08. The van der Waals surface area contributed by atoms with Gasteiger partial charge in [0.25, 0.3) is 0 Å². The Bertz CT molecular complexity index is 824. The molecule has 8 heteroatoms. The van der Waals surface area contributed by atoms with E-state index in [0.717, 1.165) is 22.1 Å². The molecule has 0 unspecified atom stereocenters. The molecule has 0 aromatic heterocycles. The highest BCUT2D eigenvalue weighted by Gasteiger charge is 2.51. The molecular formula is C22H22B2O6. The van der Waals surface area contributed by atoms with Crippen LogP contribution in [0.15, 0.2) is 60.7 Å². The summed E-state index contributed by atoms with van der Waals surface area (Å²) in [6.45, 7) is 2.23. The summed E-state index contributed by atoms with van der Waals surface area (Å²) in [5.41, 5.74) is 3.95. The average molecular weight is 404 g/mol. The first-order valence-electron chi connectivity index (χ1n) is 10.5. The molecule has 6 rings (SSSR count). The van der Waals surface area contributed by atoms with Crippen LogP contribution in [-0.4, -0.2) is 65.1 Å². The lowest BCUT2D eigenvalue weighted by molar-refractivity contribution is 0.129. The summed E-state index contributed by atoms with van der Waals surface area (Å²) >= 11 is 0. The predicted molar refractivity (Wildman–Crippen MR) is 112 cm³/mol. The number of fused-ring (bicyclic) bond motifs is 2. The van der Waals surface area contributed by atoms with Crippen molar-refractivity contribution in [3.63, 3.8) is 0 Å². The lowest BCUT2D eigenvalue weighted by Gasteiger charge is -2.21. The van der Waals surface area contributed by atoms with Crippen molar-refractivity contribution in [2.24, 2.45) is 0 Å². The van der Waals surface area contributed by atoms with Gasteiger partial charge in [0.2, 0.25) is 0 Å². The first-order chi connectivity index (χ1) is 14.9. The quantitative estimate of drug-likeness (QED) is 0.576. The van der Waals surface area contributed by atoms with E-state index in [1.165, 1.54) is 0 Å². The smallest absolute Gasteiger partial charge is 0.399 e. The average Bonchev–Trinajstić information content (AvgIpc) is 3.54. The summed E-state index contributed by atoms with van der Waals surface area (Å²) in [7, 11) is -1.02. The standard InChI is InChI=1S/C22H22B2O6/c1-3-7-15(8-4-1)21(23-27-17-11-25-12-18(17)28-23)22(16-9-5-2-6-10-16)24-29-19-13-26-14-20(19)30-24/h1-10,17-20H,11-14H2/t17-,18+,19-,20+. The van der Waals surface area contributed by atoms with Gasteiger partial charge in [0, 0.05) is 0 Å². The van der Waals surface area contributed by atoms with Gasteiger partial charge in [-0.1, -0.05) is 60.7 Å². The van der Waals surface area contributed by atoms with Crippen LogP contribution in [0.4, 0.5) is 0 Å². The normalized spacial score (nSPS) is 31.1. The zero-order valence-electron chi connectivity index (χ0n) is 16.5. The minimum absolute atomic E-state index is 0.0519. The lowest BCUT2D eigenvalue weighted by atomic mass is 9.60. The van der Waals surface area contributed by atoms with Crippen molar-refractivity contribution in [1.29, 1.82) is 0 Å². The largest absolute Gasteiger partial charge is 0.494 e. The predicted octanol–water partition coefficient (Wildman–Crippen LogP) is 2.28. The molecule has 4 fully saturated rings. The molecule has 2 aromatic rings. The first kappa shape index (κ1) is 18.8. The van der Waals surface area contributed by atoms with Crippen LogP contribution < -0.4 is 0 Å². The van der Waals surface area contributed by atoms with Gasteiger partial charge in [-0.25, -0.2) is 0 Å². The summed E-state index contributed by atoms with van der Waals surface area (Å²) in [6.07, 6.45) is -0.208. The third kappa shape index (κ3) is 3.34. The molecule has 4 aliphatic heterocycles. The van der Waals surface area contributed by atoms with Crippen LogP contribution in [0.3, 0.4) is 0 Å². The van der Waals surface area contributed by atoms with Gasteiger partial charge >= 0.3 is 14.2 Å². The van der Waals surface area contributed by atoms with Crippen molar-refractivity contribution in [2.75, 3.05) is 26.4 Å². The van der Waals surface area contributed by atoms with Crippen molar-refractivity contribution in [2.45, 2.75) is 24.4 Å². The summed E-state index contributed by atoms with van der Waals surface area (Å²) in [4.78, 5) is 0. The second kappa shape index (κ2) is 7.96. The number of hydrogen-bond acceptors (Lipinski definition) is 6. The van der Waals surface area contributed by atoms with Gasteiger partial charge in [0.1, 0.15) is 0 Å². The molecule has 0 bridgehead atoms. The van der Waals surface area contributed by atoms with Crippen LogP contribution in [0.2, 0.25) is 0 Å². The van der Waals surface area contributed by atoms with E-state index in [0.29, 0.717) is 26.4 Å². The molecule has 6 nitrogen and oxygen atoms in total. The Hall–Kier alpha value is -1.93. The zero-order chi connectivity index (χ0) is 19.9. The van der Waals surface area contributed by atoms with Crippen LogP contribution in [0.1, 0.15) is 11.1 Å². The van der Waals surface area contributed by atoms with Crippen LogP contribution in [0.5, 0.6) is 0 Å². The lowest BCUT2D eigenvalue weighted by Crippen LogP contribution is -2.29. The minimum atomic E-state index is -0.509. The van der Waals surface area contributed by atoms with Gasteiger partial charge in [0.05, 0.1) is 50.8 Å². The Kier molecular flexibility index (Phi) is 4.99. The van der Waals surface area contributed by atoms with E-state index in [1.54, 1.807) is 0 Å². The molecule has 4 heterocycles. The maximum atomic E-state index is 6.32. The Morgan fingerprint density at radius 3 is 1.20 bits per heavy atom. The van der Waals surface area contributed by atoms with E-state index in [4.69, 9.17) is 28.1 Å². The van der Waals surface area contributed by atoms with Crippen LogP contribution in [-0.2, 0) is 28.1 Å². The molecule has 30 heavy (non-hydrogen) atoms. The third-order valence-electron chi connectivity index (χ3n) is 6.08. The number of ether oxygens (including phenoxy) is 2. The minimum Gasteiger partial charge on any atom is -0.399 e. The monoisotopic (exact) mass is 404 g/mol. The molecule has 2 aromatic carbocycles. The van der Waals surface area contributed by atoms with E-state index >= 15 is 0 Å². The van der Waals surface area contributed by atoms with E-state index in [9.17, 15) is 0 Å². The molecular weight excluding hydrogens is 382 g/mol. The molecule has 0 N–H and O–H groups in total. The second-order valence-corrected chi connectivity index (χ2v) is 8.00. The van der Waals surface area contributed by atoms with Crippen molar-refractivity contribution >= 4 is 25.2 Å². The fraction of sp³-hybridized carbons (Fsp3) is 0.364. The van der Waals surface area contributed by atoms with E-state index in [-0.39, 0.29) is 24.4 Å². The fourth-order valence-electron chi connectivity index (χ4n) is 4.58. The number of hydrogen-bond donors (Lipinski definition) is 0. The van der Waals surface area contributed by atoms with E-state index in [2.05, 4.69) is 24.3 Å². The summed E-state index contributed by atoms with van der Waals surface area (Å²) in [5, 5.41) is 0. The van der Waals surface area contributed by atoms with Gasteiger partial charge < -0.3 is 28.1 Å². The van der Waals surface area contributed by atoms with Gasteiger partial charge in [-0.2, -0.15) is 0 Å². The summed E-state index contributed by atoms with van der Waals surface area (Å²) < 4.78 is 36.3. The topological polar surface area (TPSA) is 55.4 Å². The van der Waals surface area contributed by atoms with Crippen LogP contribution in [0.25, 0.3) is 10.9 Å². The zero-order valence-corrected chi connectivity index (χ0v) is 16.5. The maximum absolute atomic E-state index is 6.32. The molecule has 4 saturated heterocycles. The van der Waals surface area contributed by atoms with Crippen molar-refractivity contribution in [3.8, 4) is 0 Å². The highest BCUT2D eigenvalue weighted by atomic mass is 16.7. The SMILES string of the molecule is c1ccc(C(B2O[C@H]3COC[C@H]3O2)=C(B2O[C@H]3COC[C@H]3O2)c2ccccc2)cc1. The van der Waals surface area contributed by atoms with E-state index in [1.807, 2.05) is 36.4 Å². The second-order valence-electron chi connectivity index (χ2n) is 8.00. The Morgan fingerprint density at radius 2 is 0.867 bits per heavy atom. The molecule has 0 spiro atoms. The molecule has 4 aliphatic rings. The Morgan fingerprint density at radius 1 is 0.533 bits per heavy atom. The molecule has 0 radical (unpaired) electrons. The summed E-state index contributed by atoms with van der Waals surface area (Å²) in [6, 6.07) is 20.4. The maximum Gasteiger partial charge on any atom is 0.494 e. The van der Waals surface area contributed by atoms with Crippen molar-refractivity contribution < 1.29 is 28.1 Å². The highest BCUT2D eigenvalue weighted by Crippen LogP contribution is 2.39. The molecule has 152 valence electrons. The highest BCUT2D eigenvalue weighted by molar-refractivity contribution is 6.82. The summed E-state index contributed by atoms with van der Waals surface area (Å²) in [5.74, 6) is 0. The molecule has 0 aliphatic carbocycles. The van der Waals surface area contributed by atoms with Gasteiger partial charge in [-0.05, 0) is 22.1 Å². The first-order valence-corrected chi connectivity index (χ1v) is 10.5. The van der Waals surface area contributed by atoms with Crippen molar-refractivity contribution in [3.05, 3.63) is 71.8 Å². The van der Waals surface area contributed by atoms with E-state index < -0.39 is 14.2 Å². The molecule has 0 amide bonds. The van der Waals surface area contributed by atoms with Gasteiger partial charge in [-0.3, -0.25) is 0 Å². The van der Waals surface area contributed by atoms with Crippen molar-refractivity contribution in [1.82, 2.24) is 0 Å². The van der Waals surface area contributed by atoms with Crippen LogP contribution in [0, 0.1) is 0 Å². The van der Waals surface area contributed by atoms with Crippen LogP contribution >= 0.6 is 0 Å². The number of benzene rings is 2. The van der Waals surface area contributed by atoms with Gasteiger partial charge in [0.15, 0.2) is 0 Å². The Labute approximate surface area is 176 Å².